The molecule has 74 valence electrons. The Kier molecular flexibility index (Phi) is 11.6. The predicted molar refractivity (Wildman–Crippen MR) is 59.6 cm³/mol. The van der Waals surface area contributed by atoms with E-state index in [4.69, 9.17) is 0 Å². The van der Waals surface area contributed by atoms with E-state index in [9.17, 15) is 0 Å². The Balaban J connectivity index is 2.73. The Morgan fingerprint density at radius 3 is 1.83 bits per heavy atom. The van der Waals surface area contributed by atoms with Gasteiger partial charge >= 0.3 is 0 Å². The van der Waals surface area contributed by atoms with Gasteiger partial charge in [-0.25, -0.2) is 0 Å². The summed E-state index contributed by atoms with van der Waals surface area (Å²) in [6.07, 6.45) is 11.1. The fourth-order valence-electron chi connectivity index (χ4n) is 1.34. The Morgan fingerprint density at radius 2 is 1.33 bits per heavy atom. The van der Waals surface area contributed by atoms with Crippen molar-refractivity contribution in [3.05, 3.63) is 0 Å². The zero-order valence-corrected chi connectivity index (χ0v) is 9.21. The lowest BCUT2D eigenvalue weighted by Gasteiger charge is -2.00. The van der Waals surface area contributed by atoms with Crippen LogP contribution in [0.4, 0.5) is 0 Å². The zero-order valence-electron chi connectivity index (χ0n) is 8.31. The van der Waals surface area contributed by atoms with Gasteiger partial charge in [-0.15, -0.1) is 0 Å². The van der Waals surface area contributed by atoms with Crippen LogP contribution in [0.15, 0.2) is 0 Å². The van der Waals surface area contributed by atoms with Crippen molar-refractivity contribution in [2.75, 3.05) is 6.54 Å². The monoisotopic (exact) mass is 189 g/mol. The van der Waals surface area contributed by atoms with Crippen LogP contribution >= 0.6 is 12.8 Å². The summed E-state index contributed by atoms with van der Waals surface area (Å²) in [7, 11) is 0. The van der Waals surface area contributed by atoms with E-state index in [2.05, 4.69) is 24.5 Å². The molecule has 0 aromatic carbocycles. The van der Waals surface area contributed by atoms with E-state index in [0.717, 1.165) is 6.54 Å². The second kappa shape index (κ2) is 11.3. The summed E-state index contributed by atoms with van der Waals surface area (Å²) in [6, 6.07) is 0. The molecule has 1 nitrogen and oxygen atoms in total. The number of thiol groups is 1. The van der Waals surface area contributed by atoms with E-state index in [1.54, 1.807) is 0 Å². The molecule has 0 atom stereocenters. The first-order valence-electron chi connectivity index (χ1n) is 5.28. The van der Waals surface area contributed by atoms with Gasteiger partial charge in [-0.3, -0.25) is 4.72 Å². The molecule has 0 amide bonds. The van der Waals surface area contributed by atoms with Crippen molar-refractivity contribution in [3.63, 3.8) is 0 Å². The molecule has 12 heavy (non-hydrogen) atoms. The molecular weight excluding hydrogens is 166 g/mol. The lowest BCUT2D eigenvalue weighted by Crippen LogP contribution is -1.99. The molecule has 0 rings (SSSR count). The molecule has 0 aliphatic heterocycles. The van der Waals surface area contributed by atoms with E-state index >= 15 is 0 Å². The molecule has 1 N–H and O–H groups in total. The number of hydrogen-bond donors (Lipinski definition) is 2. The van der Waals surface area contributed by atoms with Crippen molar-refractivity contribution in [2.24, 2.45) is 0 Å². The molecule has 0 aromatic heterocycles. The van der Waals surface area contributed by atoms with Crippen molar-refractivity contribution in [1.29, 1.82) is 0 Å². The summed E-state index contributed by atoms with van der Waals surface area (Å²) in [5.41, 5.74) is 0. The van der Waals surface area contributed by atoms with Gasteiger partial charge in [0.1, 0.15) is 0 Å². The van der Waals surface area contributed by atoms with E-state index < -0.39 is 0 Å². The summed E-state index contributed by atoms with van der Waals surface area (Å²) in [4.78, 5) is 0. The molecule has 0 saturated carbocycles. The maximum atomic E-state index is 3.94. The third kappa shape index (κ3) is 10.3. The van der Waals surface area contributed by atoms with Crippen molar-refractivity contribution >= 4 is 12.8 Å². The summed E-state index contributed by atoms with van der Waals surface area (Å²) in [5.74, 6) is 0. The van der Waals surface area contributed by atoms with Crippen LogP contribution in [0.1, 0.15) is 58.3 Å². The van der Waals surface area contributed by atoms with Gasteiger partial charge in [0.25, 0.3) is 0 Å². The molecule has 0 spiro atoms. The fraction of sp³-hybridized carbons (Fsp3) is 1.00. The van der Waals surface area contributed by atoms with Gasteiger partial charge in [-0.1, -0.05) is 64.7 Å². The van der Waals surface area contributed by atoms with E-state index in [-0.39, 0.29) is 0 Å². The lowest BCUT2D eigenvalue weighted by atomic mass is 10.1. The summed E-state index contributed by atoms with van der Waals surface area (Å²) >= 11 is 3.94. The largest absolute Gasteiger partial charge is 0.267 e. The van der Waals surface area contributed by atoms with Crippen LogP contribution in [0, 0.1) is 0 Å². The summed E-state index contributed by atoms with van der Waals surface area (Å²) < 4.78 is 2.87. The lowest BCUT2D eigenvalue weighted by molar-refractivity contribution is 0.575. The van der Waals surface area contributed by atoms with E-state index in [1.165, 1.54) is 51.4 Å². The Labute approximate surface area is 82.9 Å². The second-order valence-electron chi connectivity index (χ2n) is 3.38. The van der Waals surface area contributed by atoms with Crippen LogP contribution in [0.5, 0.6) is 0 Å². The number of hydrogen-bond acceptors (Lipinski definition) is 2. The number of nitrogens with one attached hydrogen (secondary N) is 1. The van der Waals surface area contributed by atoms with Gasteiger partial charge in [0.15, 0.2) is 0 Å². The van der Waals surface area contributed by atoms with Crippen molar-refractivity contribution in [1.82, 2.24) is 4.72 Å². The SMILES string of the molecule is CCCCCCCCCCNS. The van der Waals surface area contributed by atoms with Gasteiger partial charge in [-0.05, 0) is 6.42 Å². The first-order chi connectivity index (χ1) is 5.91. The van der Waals surface area contributed by atoms with Crippen molar-refractivity contribution < 1.29 is 0 Å². The predicted octanol–water partition coefficient (Wildman–Crippen LogP) is 3.56. The third-order valence-electron chi connectivity index (χ3n) is 2.14. The van der Waals surface area contributed by atoms with Crippen LogP contribution in [0.25, 0.3) is 0 Å². The highest BCUT2D eigenvalue weighted by Crippen LogP contribution is 2.07. The topological polar surface area (TPSA) is 12.0 Å². The van der Waals surface area contributed by atoms with Gasteiger partial charge in [0.05, 0.1) is 0 Å². The van der Waals surface area contributed by atoms with E-state index in [0.29, 0.717) is 0 Å². The Bertz CT molecular complexity index is 66.2. The van der Waals surface area contributed by atoms with Crippen LogP contribution in [0.2, 0.25) is 0 Å². The van der Waals surface area contributed by atoms with Gasteiger partial charge in [0, 0.05) is 6.54 Å². The maximum absolute atomic E-state index is 3.94. The zero-order chi connectivity index (χ0) is 9.07. The molecule has 2 heteroatoms. The first kappa shape index (κ1) is 12.3. The van der Waals surface area contributed by atoms with Crippen LogP contribution < -0.4 is 4.72 Å². The highest BCUT2D eigenvalue weighted by Gasteiger charge is 1.89. The highest BCUT2D eigenvalue weighted by molar-refractivity contribution is 7.78. The van der Waals surface area contributed by atoms with Crippen molar-refractivity contribution in [3.8, 4) is 0 Å². The normalized spacial score (nSPS) is 10.5. The Morgan fingerprint density at radius 1 is 0.833 bits per heavy atom. The van der Waals surface area contributed by atoms with Crippen LogP contribution in [-0.2, 0) is 0 Å². The molecule has 0 heterocycles. The van der Waals surface area contributed by atoms with Gasteiger partial charge < -0.3 is 0 Å². The molecule has 0 aliphatic carbocycles. The van der Waals surface area contributed by atoms with Crippen LogP contribution in [0.3, 0.4) is 0 Å². The minimum atomic E-state index is 1.05. The second-order valence-corrected chi connectivity index (χ2v) is 3.70. The summed E-state index contributed by atoms with van der Waals surface area (Å²) in [6.45, 7) is 3.32. The highest BCUT2D eigenvalue weighted by atomic mass is 32.1. The molecule has 0 bridgehead atoms. The maximum Gasteiger partial charge on any atom is 0.00561 e. The quantitative estimate of drug-likeness (QED) is 0.417. The fourth-order valence-corrected chi connectivity index (χ4v) is 1.50. The Hall–Kier alpha value is 0.310. The average molecular weight is 189 g/mol. The third-order valence-corrected chi connectivity index (χ3v) is 2.37. The minimum Gasteiger partial charge on any atom is -0.267 e. The molecule has 0 unspecified atom stereocenters. The van der Waals surface area contributed by atoms with E-state index in [1.807, 2.05) is 0 Å². The van der Waals surface area contributed by atoms with Gasteiger partial charge in [-0.2, -0.15) is 0 Å². The van der Waals surface area contributed by atoms with Crippen LogP contribution in [-0.4, -0.2) is 6.54 Å². The minimum absolute atomic E-state index is 1.05. The average Bonchev–Trinajstić information content (AvgIpc) is 2.10. The number of unbranched alkanes of at least 4 members (excludes halogenated alkanes) is 7. The first-order valence-corrected chi connectivity index (χ1v) is 5.73. The number of rotatable bonds is 9. The van der Waals surface area contributed by atoms with Crippen molar-refractivity contribution in [2.45, 2.75) is 58.3 Å². The molecule has 0 aromatic rings. The standard InChI is InChI=1S/C10H23NS/c1-2-3-4-5-6-7-8-9-10-11-12/h11-12H,2-10H2,1H3. The molecular formula is C10H23NS. The molecule has 0 radical (unpaired) electrons. The van der Waals surface area contributed by atoms with Gasteiger partial charge in [0.2, 0.25) is 0 Å². The molecule has 0 aliphatic rings. The molecule has 0 saturated heterocycles. The summed E-state index contributed by atoms with van der Waals surface area (Å²) in [5, 5.41) is 0. The molecule has 0 fully saturated rings. The smallest absolute Gasteiger partial charge is 0.00561 e.